The molecule has 0 radical (unpaired) electrons. The Labute approximate surface area is 202 Å². The molecule has 0 spiro atoms. The van der Waals surface area contributed by atoms with Crippen LogP contribution in [-0.4, -0.2) is 73.1 Å². The second-order valence-electron chi connectivity index (χ2n) is 8.53. The van der Waals surface area contributed by atoms with Gasteiger partial charge in [-0.05, 0) is 53.4 Å². The number of rotatable bonds is 5. The fourth-order valence-corrected chi connectivity index (χ4v) is 4.41. The molecule has 3 aromatic rings. The first-order valence-electron chi connectivity index (χ1n) is 10.9. The van der Waals surface area contributed by atoms with E-state index >= 15 is 0 Å². The van der Waals surface area contributed by atoms with Crippen LogP contribution in [0.5, 0.6) is 0 Å². The van der Waals surface area contributed by atoms with Gasteiger partial charge >= 0.3 is 0 Å². The molecule has 3 heterocycles. The number of hydrogen-bond donors (Lipinski definition) is 5. The van der Waals surface area contributed by atoms with Crippen molar-refractivity contribution >= 4 is 11.6 Å². The van der Waals surface area contributed by atoms with Crippen molar-refractivity contribution in [3.63, 3.8) is 0 Å². The highest BCUT2D eigenvalue weighted by Crippen LogP contribution is 2.33. The summed E-state index contributed by atoms with van der Waals surface area (Å²) in [5, 5.41) is 51.7. The molecule has 1 fully saturated rings. The van der Waals surface area contributed by atoms with Gasteiger partial charge in [0.1, 0.15) is 29.6 Å². The number of aliphatic hydroxyl groups is 5. The summed E-state index contributed by atoms with van der Waals surface area (Å²) >= 11 is 6.00. The van der Waals surface area contributed by atoms with Gasteiger partial charge in [-0.15, -0.1) is 0 Å². The number of aliphatic hydroxyl groups excluding tert-OH is 5. The number of benzene rings is 1. The Morgan fingerprint density at radius 2 is 1.65 bits per heavy atom. The second kappa shape index (κ2) is 10.5. The molecule has 1 saturated heterocycles. The summed E-state index contributed by atoms with van der Waals surface area (Å²) < 4.78 is 5.62. The van der Waals surface area contributed by atoms with E-state index in [9.17, 15) is 25.5 Å². The van der Waals surface area contributed by atoms with Crippen molar-refractivity contribution in [3.05, 3.63) is 71.1 Å². The first kappa shape index (κ1) is 24.7. The number of ether oxygens (including phenoxy) is 1. The Hall–Kier alpha value is -2.43. The van der Waals surface area contributed by atoms with Gasteiger partial charge in [0.2, 0.25) is 0 Å². The van der Waals surface area contributed by atoms with E-state index in [0.717, 1.165) is 27.9 Å². The third kappa shape index (κ3) is 4.99. The number of nitrogens with zero attached hydrogens (tertiary/aromatic N) is 2. The van der Waals surface area contributed by atoms with E-state index in [1.165, 1.54) is 0 Å². The van der Waals surface area contributed by atoms with Crippen LogP contribution >= 0.6 is 11.6 Å². The highest BCUT2D eigenvalue weighted by Gasteiger charge is 2.43. The highest BCUT2D eigenvalue weighted by molar-refractivity contribution is 6.29. The molecular weight excluding hydrogens is 460 g/mol. The van der Waals surface area contributed by atoms with Gasteiger partial charge in [-0.2, -0.15) is 0 Å². The Bertz CT molecular complexity index is 1150. The van der Waals surface area contributed by atoms with Gasteiger partial charge in [0.05, 0.1) is 25.0 Å². The van der Waals surface area contributed by atoms with Gasteiger partial charge in [0.15, 0.2) is 0 Å². The van der Waals surface area contributed by atoms with Gasteiger partial charge in [-0.3, -0.25) is 4.98 Å². The van der Waals surface area contributed by atoms with E-state index < -0.39 is 43.0 Å². The maximum absolute atomic E-state index is 11.0. The molecule has 2 aromatic heterocycles. The quantitative estimate of drug-likeness (QED) is 0.345. The van der Waals surface area contributed by atoms with E-state index in [4.69, 9.17) is 16.3 Å². The van der Waals surface area contributed by atoms with Crippen LogP contribution in [-0.2, 0) is 4.74 Å². The Morgan fingerprint density at radius 1 is 0.941 bits per heavy atom. The molecule has 1 aliphatic rings. The van der Waals surface area contributed by atoms with Crippen molar-refractivity contribution in [1.82, 2.24) is 9.97 Å². The summed E-state index contributed by atoms with van der Waals surface area (Å²) in [7, 11) is 0. The zero-order valence-electron chi connectivity index (χ0n) is 18.5. The summed E-state index contributed by atoms with van der Waals surface area (Å²) in [4.78, 5) is 8.41. The lowest BCUT2D eigenvalue weighted by Gasteiger charge is -2.29. The number of pyridine rings is 2. The van der Waals surface area contributed by atoms with E-state index in [1.54, 1.807) is 24.5 Å². The molecule has 0 saturated carbocycles. The lowest BCUT2D eigenvalue weighted by atomic mass is 9.90. The Kier molecular flexibility index (Phi) is 7.59. The van der Waals surface area contributed by atoms with Crippen LogP contribution in [0.4, 0.5) is 0 Å². The van der Waals surface area contributed by atoms with E-state index in [2.05, 4.69) is 9.97 Å². The molecule has 8 nitrogen and oxygen atoms in total. The topological polar surface area (TPSA) is 136 Å². The minimum atomic E-state index is -1.56. The number of halogens is 1. The molecule has 3 unspecified atom stereocenters. The number of hydrogen-bond acceptors (Lipinski definition) is 8. The molecule has 0 bridgehead atoms. The van der Waals surface area contributed by atoms with E-state index in [0.29, 0.717) is 10.7 Å². The third-order valence-electron chi connectivity index (χ3n) is 6.27. The molecule has 1 aliphatic heterocycles. The summed E-state index contributed by atoms with van der Waals surface area (Å²) in [6.07, 6.45) is -3.56. The molecule has 5 N–H and O–H groups in total. The second-order valence-corrected chi connectivity index (χ2v) is 8.91. The molecule has 0 aliphatic carbocycles. The first-order valence-corrected chi connectivity index (χ1v) is 11.3. The zero-order chi connectivity index (χ0) is 24.4. The average Bonchev–Trinajstić information content (AvgIpc) is 2.95. The van der Waals surface area contributed by atoms with Gasteiger partial charge in [0, 0.05) is 23.9 Å². The van der Waals surface area contributed by atoms with Crippen LogP contribution in [0.25, 0.3) is 22.4 Å². The maximum atomic E-state index is 11.0. The molecule has 180 valence electrons. The SMILES string of the molecule is Cc1cc(-c2ccnc(-c3ccnc(Cl)c3)c2)ccc1[C@@H](O)[C@H]1OCC(CO)[C@@H](O)C(O)C1O. The van der Waals surface area contributed by atoms with Crippen molar-refractivity contribution < 1.29 is 30.3 Å². The van der Waals surface area contributed by atoms with E-state index in [1.807, 2.05) is 37.3 Å². The number of aryl methyl sites for hydroxylation is 1. The Balaban J connectivity index is 1.60. The highest BCUT2D eigenvalue weighted by atomic mass is 35.5. The molecule has 1 aromatic carbocycles. The summed E-state index contributed by atoms with van der Waals surface area (Å²) in [6.45, 7) is 1.31. The minimum absolute atomic E-state index is 0.108. The summed E-state index contributed by atoms with van der Waals surface area (Å²) in [5.41, 5.74) is 4.67. The number of aromatic nitrogens is 2. The predicted molar refractivity (Wildman–Crippen MR) is 126 cm³/mol. The molecule has 6 atom stereocenters. The van der Waals surface area contributed by atoms with Crippen molar-refractivity contribution in [3.8, 4) is 22.4 Å². The van der Waals surface area contributed by atoms with Crippen LogP contribution in [0.3, 0.4) is 0 Å². The summed E-state index contributed by atoms with van der Waals surface area (Å²) in [5.74, 6) is -0.763. The first-order chi connectivity index (χ1) is 16.3. The Morgan fingerprint density at radius 3 is 2.35 bits per heavy atom. The fraction of sp³-hybridized carbons (Fsp3) is 0.360. The minimum Gasteiger partial charge on any atom is -0.396 e. The average molecular weight is 487 g/mol. The summed E-state index contributed by atoms with van der Waals surface area (Å²) in [6, 6.07) is 12.9. The van der Waals surface area contributed by atoms with Crippen LogP contribution in [0.1, 0.15) is 17.2 Å². The van der Waals surface area contributed by atoms with Gasteiger partial charge in [0.25, 0.3) is 0 Å². The van der Waals surface area contributed by atoms with Crippen molar-refractivity contribution in [2.24, 2.45) is 5.92 Å². The van der Waals surface area contributed by atoms with Crippen LogP contribution in [0.2, 0.25) is 5.15 Å². The molecular formula is C25H27ClN2O6. The van der Waals surface area contributed by atoms with E-state index in [-0.39, 0.29) is 6.61 Å². The van der Waals surface area contributed by atoms with Gasteiger partial charge in [-0.25, -0.2) is 4.98 Å². The molecule has 34 heavy (non-hydrogen) atoms. The third-order valence-corrected chi connectivity index (χ3v) is 6.48. The monoisotopic (exact) mass is 486 g/mol. The molecule has 4 rings (SSSR count). The smallest absolute Gasteiger partial charge is 0.129 e. The normalized spacial score (nSPS) is 26.1. The predicted octanol–water partition coefficient (Wildman–Crippen LogP) is 1.90. The zero-order valence-corrected chi connectivity index (χ0v) is 19.2. The molecule has 9 heteroatoms. The van der Waals surface area contributed by atoms with Crippen LogP contribution < -0.4 is 0 Å². The maximum Gasteiger partial charge on any atom is 0.129 e. The lowest BCUT2D eigenvalue weighted by molar-refractivity contribution is -0.131. The van der Waals surface area contributed by atoms with Gasteiger partial charge < -0.3 is 30.3 Å². The van der Waals surface area contributed by atoms with Crippen molar-refractivity contribution in [1.29, 1.82) is 0 Å². The standard InChI is InChI=1S/C25H27ClN2O6/c1-13-8-14(15-4-6-27-19(9-15)16-5-7-28-20(26)10-16)2-3-18(13)22(31)25-24(33)23(32)21(30)17(11-29)12-34-25/h2-10,17,21-25,29-33H,11-12H2,1H3/t17?,21-,22-,23?,24?,25-/m1/s1. The van der Waals surface area contributed by atoms with Crippen LogP contribution in [0.15, 0.2) is 54.9 Å². The van der Waals surface area contributed by atoms with Crippen LogP contribution in [0, 0.1) is 12.8 Å². The largest absolute Gasteiger partial charge is 0.396 e. The lowest BCUT2D eigenvalue weighted by Crippen LogP contribution is -2.46. The fourth-order valence-electron chi connectivity index (χ4n) is 4.24. The van der Waals surface area contributed by atoms with Crippen molar-refractivity contribution in [2.75, 3.05) is 13.2 Å². The van der Waals surface area contributed by atoms with Gasteiger partial charge in [-0.1, -0.05) is 29.8 Å². The van der Waals surface area contributed by atoms with Crippen molar-refractivity contribution in [2.45, 2.75) is 37.4 Å². The molecule has 0 amide bonds.